The highest BCUT2D eigenvalue weighted by Crippen LogP contribution is 2.36. The van der Waals surface area contributed by atoms with Gasteiger partial charge in [0.15, 0.2) is 14.3 Å². The van der Waals surface area contributed by atoms with Crippen molar-refractivity contribution in [3.8, 4) is 0 Å². The number of carbonyl (C=O) groups excluding carboxylic acids is 1. The first-order valence-corrected chi connectivity index (χ1v) is 9.49. The predicted octanol–water partition coefficient (Wildman–Crippen LogP) is 3.94. The van der Waals surface area contributed by atoms with E-state index in [0.29, 0.717) is 12.6 Å². The molecule has 2 atom stereocenters. The van der Waals surface area contributed by atoms with E-state index >= 15 is 0 Å². The zero-order valence-electron chi connectivity index (χ0n) is 13.1. The Hall–Kier alpha value is -0.960. The third kappa shape index (κ3) is 4.52. The molecule has 0 radical (unpaired) electrons. The second-order valence-electron chi connectivity index (χ2n) is 5.83. The summed E-state index contributed by atoms with van der Waals surface area (Å²) in [6, 6.07) is 9.52. The fourth-order valence-corrected chi connectivity index (χ4v) is 3.80. The Morgan fingerprint density at radius 2 is 1.91 bits per heavy atom. The van der Waals surface area contributed by atoms with E-state index in [-0.39, 0.29) is 6.10 Å². The van der Waals surface area contributed by atoms with Crippen molar-refractivity contribution in [2.45, 2.75) is 50.2 Å². The number of hydrogen-bond donors (Lipinski definition) is 0. The molecular formula is C17H25O4P. The first-order chi connectivity index (χ1) is 10.7. The van der Waals surface area contributed by atoms with Gasteiger partial charge in [-0.25, -0.2) is 0 Å². The highest BCUT2D eigenvalue weighted by molar-refractivity contribution is 7.39. The molecule has 1 saturated carbocycles. The van der Waals surface area contributed by atoms with E-state index in [2.05, 4.69) is 0 Å². The van der Waals surface area contributed by atoms with Crippen molar-refractivity contribution < 1.29 is 18.6 Å². The molecule has 0 saturated heterocycles. The lowest BCUT2D eigenvalue weighted by Crippen LogP contribution is -2.37. The van der Waals surface area contributed by atoms with Crippen molar-refractivity contribution in [3.63, 3.8) is 0 Å². The van der Waals surface area contributed by atoms with Crippen LogP contribution in [0.2, 0.25) is 0 Å². The average Bonchev–Trinajstić information content (AvgIpc) is 2.60. The molecule has 0 spiro atoms. The summed E-state index contributed by atoms with van der Waals surface area (Å²) in [6.45, 7) is 0. The Morgan fingerprint density at radius 1 is 1.23 bits per heavy atom. The Bertz CT molecular complexity index is 485. The number of carbonyl (C=O) groups is 1. The van der Waals surface area contributed by atoms with Crippen LogP contribution < -0.4 is 0 Å². The molecule has 1 aromatic carbocycles. The van der Waals surface area contributed by atoms with Gasteiger partial charge in [0.2, 0.25) is 0 Å². The second kappa shape index (κ2) is 8.61. The van der Waals surface area contributed by atoms with Gasteiger partial charge in [-0.2, -0.15) is 0 Å². The normalized spacial score (nSPS) is 20.2. The van der Waals surface area contributed by atoms with Crippen LogP contribution in [0.3, 0.4) is 0 Å². The predicted molar refractivity (Wildman–Crippen MR) is 87.6 cm³/mol. The van der Waals surface area contributed by atoms with E-state index in [1.54, 1.807) is 0 Å². The average molecular weight is 324 g/mol. The van der Waals surface area contributed by atoms with Gasteiger partial charge in [0, 0.05) is 13.3 Å². The third-order valence-electron chi connectivity index (χ3n) is 4.31. The molecule has 122 valence electrons. The van der Waals surface area contributed by atoms with Gasteiger partial charge in [0.25, 0.3) is 0 Å². The van der Waals surface area contributed by atoms with Crippen molar-refractivity contribution in [3.05, 3.63) is 35.9 Å². The molecule has 22 heavy (non-hydrogen) atoms. The summed E-state index contributed by atoms with van der Waals surface area (Å²) in [7, 11) is -0.668. The molecule has 1 fully saturated rings. The van der Waals surface area contributed by atoms with E-state index in [1.807, 2.05) is 30.3 Å². The zero-order valence-corrected chi connectivity index (χ0v) is 14.1. The fourth-order valence-electron chi connectivity index (χ4n) is 3.02. The molecule has 0 heterocycles. The molecule has 1 aromatic rings. The molecule has 0 aromatic heterocycles. The van der Waals surface area contributed by atoms with Crippen molar-refractivity contribution in [2.75, 3.05) is 13.3 Å². The number of ether oxygens (including phenoxy) is 1. The van der Waals surface area contributed by atoms with Crippen LogP contribution in [0.1, 0.15) is 44.1 Å². The minimum atomic E-state index is -2.11. The highest BCUT2D eigenvalue weighted by Gasteiger charge is 2.36. The maximum atomic E-state index is 11.9. The summed E-state index contributed by atoms with van der Waals surface area (Å²) in [5, 5.41) is 0. The van der Waals surface area contributed by atoms with Crippen LogP contribution in [0, 0.1) is 0 Å². The standard InChI is InChI=1S/C17H25O4P/c1-20-22(19)13-12-17(14-18,15-8-4-2-5-9-15)21-16-10-6-3-7-11-16/h2,4-5,8-9,14,16,22H,3,6-7,10-13H2,1H3. The first kappa shape index (κ1) is 17.4. The zero-order chi connectivity index (χ0) is 15.8. The van der Waals surface area contributed by atoms with E-state index in [1.165, 1.54) is 13.5 Å². The summed E-state index contributed by atoms with van der Waals surface area (Å²) in [5.74, 6) is 0. The molecule has 1 aliphatic rings. The first-order valence-electron chi connectivity index (χ1n) is 7.96. The lowest BCUT2D eigenvalue weighted by molar-refractivity contribution is -0.146. The molecule has 1 aliphatic carbocycles. The maximum Gasteiger partial charge on any atom is 0.191 e. The molecule has 2 unspecified atom stereocenters. The van der Waals surface area contributed by atoms with Crippen molar-refractivity contribution >= 4 is 14.3 Å². The second-order valence-corrected chi connectivity index (χ2v) is 7.48. The number of rotatable bonds is 8. The van der Waals surface area contributed by atoms with Gasteiger partial charge in [0.1, 0.15) is 5.60 Å². The number of hydrogen-bond acceptors (Lipinski definition) is 4. The van der Waals surface area contributed by atoms with Gasteiger partial charge < -0.3 is 9.26 Å². The number of benzene rings is 1. The van der Waals surface area contributed by atoms with E-state index in [9.17, 15) is 9.36 Å². The molecule has 4 nitrogen and oxygen atoms in total. The van der Waals surface area contributed by atoms with Crippen LogP contribution in [0.4, 0.5) is 0 Å². The fraction of sp³-hybridized carbons (Fsp3) is 0.588. The lowest BCUT2D eigenvalue weighted by Gasteiger charge is -2.35. The molecule has 0 amide bonds. The van der Waals surface area contributed by atoms with Crippen molar-refractivity contribution in [2.24, 2.45) is 0 Å². The van der Waals surface area contributed by atoms with E-state index in [4.69, 9.17) is 9.26 Å². The lowest BCUT2D eigenvalue weighted by atomic mass is 9.90. The van der Waals surface area contributed by atoms with Crippen molar-refractivity contribution in [1.82, 2.24) is 0 Å². The topological polar surface area (TPSA) is 52.6 Å². The Kier molecular flexibility index (Phi) is 6.81. The monoisotopic (exact) mass is 324 g/mol. The van der Waals surface area contributed by atoms with Gasteiger partial charge in [-0.05, 0) is 24.8 Å². The Morgan fingerprint density at radius 3 is 2.50 bits per heavy atom. The van der Waals surface area contributed by atoms with Crippen LogP contribution in [0.5, 0.6) is 0 Å². The molecule has 0 N–H and O–H groups in total. The summed E-state index contributed by atoms with van der Waals surface area (Å²) in [4.78, 5) is 11.9. The largest absolute Gasteiger partial charge is 0.360 e. The Balaban J connectivity index is 2.20. The molecule has 0 aliphatic heterocycles. The van der Waals surface area contributed by atoms with Gasteiger partial charge in [-0.15, -0.1) is 0 Å². The Labute approximate surface area is 133 Å². The molecular weight excluding hydrogens is 299 g/mol. The van der Waals surface area contributed by atoms with Crippen LogP contribution in [0.25, 0.3) is 0 Å². The van der Waals surface area contributed by atoms with Crippen LogP contribution in [-0.2, 0) is 24.2 Å². The van der Waals surface area contributed by atoms with Crippen LogP contribution >= 0.6 is 8.03 Å². The maximum absolute atomic E-state index is 11.9. The van der Waals surface area contributed by atoms with Crippen LogP contribution in [0.15, 0.2) is 30.3 Å². The van der Waals surface area contributed by atoms with Gasteiger partial charge >= 0.3 is 0 Å². The SMILES string of the molecule is CO[PH](=O)CCC(C=O)(OC1CCCCC1)c1ccccc1. The van der Waals surface area contributed by atoms with Crippen molar-refractivity contribution in [1.29, 1.82) is 0 Å². The quantitative estimate of drug-likeness (QED) is 0.537. The summed E-state index contributed by atoms with van der Waals surface area (Å²) in [5.41, 5.74) is -0.177. The molecule has 5 heteroatoms. The minimum absolute atomic E-state index is 0.101. The number of aldehydes is 1. The molecule has 0 bridgehead atoms. The summed E-state index contributed by atoms with van der Waals surface area (Å²) < 4.78 is 22.8. The van der Waals surface area contributed by atoms with Crippen LogP contribution in [-0.4, -0.2) is 25.7 Å². The highest BCUT2D eigenvalue weighted by atomic mass is 31.1. The van der Waals surface area contributed by atoms with E-state index in [0.717, 1.165) is 37.5 Å². The third-order valence-corrected chi connectivity index (χ3v) is 5.42. The smallest absolute Gasteiger partial charge is 0.191 e. The minimum Gasteiger partial charge on any atom is -0.360 e. The summed E-state index contributed by atoms with van der Waals surface area (Å²) >= 11 is 0. The summed E-state index contributed by atoms with van der Waals surface area (Å²) in [6.07, 6.45) is 7.21. The van der Waals surface area contributed by atoms with Gasteiger partial charge in [0.05, 0.1) is 6.10 Å². The van der Waals surface area contributed by atoms with Gasteiger partial charge in [-0.3, -0.25) is 9.36 Å². The van der Waals surface area contributed by atoms with E-state index < -0.39 is 13.6 Å². The molecule has 2 rings (SSSR count). The van der Waals surface area contributed by atoms with Gasteiger partial charge in [-0.1, -0.05) is 49.6 Å².